The highest BCUT2D eigenvalue weighted by molar-refractivity contribution is 6.31. The predicted octanol–water partition coefficient (Wildman–Crippen LogP) is 7.30. The number of nitrogens with one attached hydrogen (secondary N) is 1. The minimum Gasteiger partial charge on any atom is -0.445 e. The zero-order chi connectivity index (χ0) is 25.3. The average Bonchev–Trinajstić information content (AvgIpc) is 2.67. The van der Waals surface area contributed by atoms with E-state index in [9.17, 15) is 4.79 Å². The van der Waals surface area contributed by atoms with Gasteiger partial charge in [-0.05, 0) is 90.6 Å². The van der Waals surface area contributed by atoms with Crippen LogP contribution in [0.2, 0.25) is 10.0 Å². The second-order valence-corrected chi connectivity index (χ2v) is 11.0. The van der Waals surface area contributed by atoms with Crippen molar-refractivity contribution in [1.82, 2.24) is 4.90 Å². The standard InChI is InChI=1S/C25H31Cl2N3O4/c1-24(2,3)33-22(31)28-19-10-8-16(26)12-15(19)14-30(7)21-18-13-17(27)9-11-20(18)29-23(32-21)34-25(4,5)6/h8-13,21H,14H2,1-7H3,(H,28,31). The molecular formula is C25H31Cl2N3O4. The number of nitrogens with zero attached hydrogens (tertiary/aromatic N) is 2. The summed E-state index contributed by atoms with van der Waals surface area (Å²) in [5.74, 6) is 0. The van der Waals surface area contributed by atoms with Crippen LogP contribution in [0.4, 0.5) is 16.2 Å². The molecule has 0 radical (unpaired) electrons. The summed E-state index contributed by atoms with van der Waals surface area (Å²) in [4.78, 5) is 18.8. The third kappa shape index (κ3) is 7.26. The smallest absolute Gasteiger partial charge is 0.412 e. The summed E-state index contributed by atoms with van der Waals surface area (Å²) in [5.41, 5.74) is 1.80. The van der Waals surface area contributed by atoms with Crippen LogP contribution in [0.1, 0.15) is 58.9 Å². The number of hydrogen-bond acceptors (Lipinski definition) is 6. The number of rotatable bonds is 4. The van der Waals surface area contributed by atoms with Crippen LogP contribution in [0.3, 0.4) is 0 Å². The monoisotopic (exact) mass is 507 g/mol. The second kappa shape index (κ2) is 10.0. The molecule has 184 valence electrons. The number of hydrogen-bond donors (Lipinski definition) is 1. The van der Waals surface area contributed by atoms with E-state index >= 15 is 0 Å². The second-order valence-electron chi connectivity index (χ2n) is 10.1. The predicted molar refractivity (Wildman–Crippen MR) is 136 cm³/mol. The molecule has 0 saturated carbocycles. The molecule has 1 amide bonds. The lowest BCUT2D eigenvalue weighted by molar-refractivity contribution is -0.0306. The number of carbonyl (C=O) groups is 1. The molecular weight excluding hydrogens is 477 g/mol. The van der Waals surface area contributed by atoms with E-state index in [4.69, 9.17) is 37.4 Å². The lowest BCUT2D eigenvalue weighted by Crippen LogP contribution is -2.34. The Morgan fingerprint density at radius 1 is 1.06 bits per heavy atom. The minimum absolute atomic E-state index is 0.178. The van der Waals surface area contributed by atoms with Gasteiger partial charge in [-0.3, -0.25) is 10.2 Å². The van der Waals surface area contributed by atoms with Crippen molar-refractivity contribution in [2.75, 3.05) is 12.4 Å². The average molecular weight is 508 g/mol. The van der Waals surface area contributed by atoms with Gasteiger partial charge in [0.2, 0.25) is 0 Å². The molecule has 0 aliphatic carbocycles. The topological polar surface area (TPSA) is 72.4 Å². The first-order valence-electron chi connectivity index (χ1n) is 10.9. The van der Waals surface area contributed by atoms with Crippen LogP contribution in [-0.2, 0) is 20.8 Å². The van der Waals surface area contributed by atoms with E-state index in [0.29, 0.717) is 28.0 Å². The van der Waals surface area contributed by atoms with E-state index < -0.39 is 23.5 Å². The van der Waals surface area contributed by atoms with Gasteiger partial charge in [0.1, 0.15) is 11.2 Å². The van der Waals surface area contributed by atoms with Crippen LogP contribution in [0.5, 0.6) is 0 Å². The van der Waals surface area contributed by atoms with Crippen molar-refractivity contribution in [3.05, 3.63) is 57.6 Å². The molecule has 3 rings (SSSR count). The molecule has 1 aliphatic heterocycles. The van der Waals surface area contributed by atoms with Gasteiger partial charge in [0.15, 0.2) is 6.23 Å². The summed E-state index contributed by atoms with van der Waals surface area (Å²) < 4.78 is 17.5. The van der Waals surface area contributed by atoms with Crippen LogP contribution in [0.15, 0.2) is 41.4 Å². The fraction of sp³-hybridized carbons (Fsp3) is 0.440. The first-order chi connectivity index (χ1) is 15.7. The zero-order valence-electron chi connectivity index (χ0n) is 20.5. The third-order valence-corrected chi connectivity index (χ3v) is 5.07. The Balaban J connectivity index is 1.88. The summed E-state index contributed by atoms with van der Waals surface area (Å²) in [6.07, 6.45) is -0.896. The summed E-state index contributed by atoms with van der Waals surface area (Å²) in [6.45, 7) is 11.6. The van der Waals surface area contributed by atoms with Crippen LogP contribution in [0, 0.1) is 0 Å². The summed E-state index contributed by atoms with van der Waals surface area (Å²) in [5, 5.41) is 3.93. The fourth-order valence-corrected chi connectivity index (χ4v) is 3.70. The van der Waals surface area contributed by atoms with Gasteiger partial charge in [0.05, 0.1) is 5.69 Å². The molecule has 1 atom stereocenters. The molecule has 2 aromatic rings. The molecule has 0 fully saturated rings. The van der Waals surface area contributed by atoms with E-state index in [1.54, 1.807) is 24.3 Å². The largest absolute Gasteiger partial charge is 0.445 e. The lowest BCUT2D eigenvalue weighted by atomic mass is 10.1. The van der Waals surface area contributed by atoms with Crippen molar-refractivity contribution in [2.45, 2.75) is 65.5 Å². The lowest BCUT2D eigenvalue weighted by Gasteiger charge is -2.34. The highest BCUT2D eigenvalue weighted by Gasteiger charge is 2.31. The molecule has 0 aromatic heterocycles. The maximum absolute atomic E-state index is 12.4. The van der Waals surface area contributed by atoms with E-state index in [-0.39, 0.29) is 6.08 Å². The Morgan fingerprint density at radius 2 is 1.71 bits per heavy atom. The molecule has 0 bridgehead atoms. The van der Waals surface area contributed by atoms with Gasteiger partial charge in [-0.1, -0.05) is 23.2 Å². The number of aliphatic imine (C=N–C) groups is 1. The van der Waals surface area contributed by atoms with Gasteiger partial charge < -0.3 is 14.2 Å². The maximum Gasteiger partial charge on any atom is 0.412 e. The van der Waals surface area contributed by atoms with Gasteiger partial charge in [0.25, 0.3) is 0 Å². The number of amides is 1. The molecule has 2 aromatic carbocycles. The number of ether oxygens (including phenoxy) is 3. The van der Waals surface area contributed by atoms with Crippen LogP contribution < -0.4 is 5.32 Å². The van der Waals surface area contributed by atoms with E-state index in [1.807, 2.05) is 65.6 Å². The Bertz CT molecular complexity index is 1090. The quantitative estimate of drug-likeness (QED) is 0.469. The fourth-order valence-electron chi connectivity index (χ4n) is 3.33. The zero-order valence-corrected chi connectivity index (χ0v) is 22.0. The van der Waals surface area contributed by atoms with Gasteiger partial charge in [-0.25, -0.2) is 4.79 Å². The molecule has 0 spiro atoms. The molecule has 1 aliphatic rings. The number of halogens is 2. The van der Waals surface area contributed by atoms with Crippen molar-refractivity contribution in [2.24, 2.45) is 4.99 Å². The Labute approximate surface area is 211 Å². The van der Waals surface area contributed by atoms with E-state index in [0.717, 1.165) is 11.1 Å². The highest BCUT2D eigenvalue weighted by atomic mass is 35.5. The Hall–Kier alpha value is -2.48. The minimum atomic E-state index is -0.616. The maximum atomic E-state index is 12.4. The van der Waals surface area contributed by atoms with E-state index in [1.165, 1.54) is 0 Å². The van der Waals surface area contributed by atoms with E-state index in [2.05, 4.69) is 10.3 Å². The van der Waals surface area contributed by atoms with Crippen molar-refractivity contribution < 1.29 is 19.0 Å². The summed E-state index contributed by atoms with van der Waals surface area (Å²) in [6, 6.07) is 10.7. The number of benzene rings is 2. The third-order valence-electron chi connectivity index (χ3n) is 4.60. The molecule has 34 heavy (non-hydrogen) atoms. The van der Waals surface area contributed by atoms with Crippen molar-refractivity contribution in [3.63, 3.8) is 0 Å². The van der Waals surface area contributed by atoms with Gasteiger partial charge in [0, 0.05) is 27.8 Å². The Morgan fingerprint density at radius 3 is 2.35 bits per heavy atom. The van der Waals surface area contributed by atoms with Crippen molar-refractivity contribution in [1.29, 1.82) is 0 Å². The molecule has 1 heterocycles. The number of carbonyl (C=O) groups excluding carboxylic acids is 1. The molecule has 1 unspecified atom stereocenters. The first kappa shape index (κ1) is 26.1. The van der Waals surface area contributed by atoms with Crippen LogP contribution in [-0.4, -0.2) is 35.3 Å². The van der Waals surface area contributed by atoms with Crippen LogP contribution >= 0.6 is 23.2 Å². The Kier molecular flexibility index (Phi) is 7.70. The first-order valence-corrected chi connectivity index (χ1v) is 11.7. The highest BCUT2D eigenvalue weighted by Crippen LogP contribution is 2.38. The van der Waals surface area contributed by atoms with Gasteiger partial charge in [-0.2, -0.15) is 4.99 Å². The van der Waals surface area contributed by atoms with Gasteiger partial charge in [-0.15, -0.1) is 0 Å². The number of anilines is 1. The van der Waals surface area contributed by atoms with Gasteiger partial charge >= 0.3 is 12.2 Å². The molecule has 0 saturated heterocycles. The van der Waals surface area contributed by atoms with Crippen molar-refractivity contribution in [3.8, 4) is 0 Å². The normalized spacial score (nSPS) is 15.8. The van der Waals surface area contributed by atoms with Crippen molar-refractivity contribution >= 4 is 46.8 Å². The van der Waals surface area contributed by atoms with Crippen LogP contribution in [0.25, 0.3) is 0 Å². The summed E-state index contributed by atoms with van der Waals surface area (Å²) in [7, 11) is 1.90. The SMILES string of the molecule is CN(Cc1cc(Cl)ccc1NC(=O)OC(C)(C)C)C1OC(OC(C)(C)C)=Nc2ccc(Cl)cc21. The molecule has 1 N–H and O–H groups in total. The number of fused-ring (bicyclic) bond motifs is 1. The molecule has 7 nitrogen and oxygen atoms in total. The molecule has 9 heteroatoms. The summed E-state index contributed by atoms with van der Waals surface area (Å²) >= 11 is 12.5.